The number of primary amides is 1. The van der Waals surface area contributed by atoms with Crippen LogP contribution in [0.2, 0.25) is 0 Å². The number of hydrogen-bond acceptors (Lipinski definition) is 6. The van der Waals surface area contributed by atoms with Gasteiger partial charge in [-0.3, -0.25) is 19.6 Å². The normalized spacial score (nSPS) is 9.65. The van der Waals surface area contributed by atoms with E-state index >= 15 is 0 Å². The Labute approximate surface area is 95.7 Å². The Balaban J connectivity index is 2.30. The van der Waals surface area contributed by atoms with E-state index in [1.807, 2.05) is 0 Å². The first-order chi connectivity index (χ1) is 7.97. The maximum absolute atomic E-state index is 11.2. The molecule has 1 heterocycles. The van der Waals surface area contributed by atoms with E-state index in [0.717, 1.165) is 0 Å². The number of nitrogens with zero attached hydrogens (tertiary/aromatic N) is 2. The van der Waals surface area contributed by atoms with Gasteiger partial charge in [-0.1, -0.05) is 0 Å². The van der Waals surface area contributed by atoms with Gasteiger partial charge in [0.25, 0.3) is 5.91 Å². The fourth-order valence-electron chi connectivity index (χ4n) is 0.963. The van der Waals surface area contributed by atoms with Crippen molar-refractivity contribution in [2.24, 2.45) is 5.73 Å². The number of imide groups is 1. The highest BCUT2D eigenvalue weighted by molar-refractivity contribution is 5.94. The molecule has 0 aliphatic carbocycles. The van der Waals surface area contributed by atoms with E-state index in [-0.39, 0.29) is 12.4 Å². The molecule has 0 unspecified atom stereocenters. The van der Waals surface area contributed by atoms with Gasteiger partial charge in [-0.25, -0.2) is 4.79 Å². The van der Waals surface area contributed by atoms with Crippen LogP contribution >= 0.6 is 0 Å². The van der Waals surface area contributed by atoms with Crippen molar-refractivity contribution in [2.75, 3.05) is 12.3 Å². The summed E-state index contributed by atoms with van der Waals surface area (Å²) in [6.45, 7) is -0.764. The topological polar surface area (TPSA) is 142 Å². The summed E-state index contributed by atoms with van der Waals surface area (Å²) in [4.78, 5) is 32.3. The third-order valence-electron chi connectivity index (χ3n) is 1.58. The molecular weight excluding hydrogens is 230 g/mol. The monoisotopic (exact) mass is 241 g/mol. The second-order valence-corrected chi connectivity index (χ2v) is 3.01. The van der Waals surface area contributed by atoms with E-state index in [0.29, 0.717) is 0 Å². The van der Waals surface area contributed by atoms with Crippen LogP contribution in [-0.2, 0) is 20.9 Å². The van der Waals surface area contributed by atoms with Gasteiger partial charge in [-0.15, -0.1) is 0 Å². The molecular formula is C8H11N5O4. The lowest BCUT2D eigenvalue weighted by atomic mass is 10.6. The van der Waals surface area contributed by atoms with Crippen molar-refractivity contribution in [1.82, 2.24) is 15.1 Å². The van der Waals surface area contributed by atoms with Crippen molar-refractivity contribution < 1.29 is 19.1 Å². The minimum absolute atomic E-state index is 0.180. The van der Waals surface area contributed by atoms with Crippen LogP contribution in [0.1, 0.15) is 0 Å². The molecule has 3 amide bonds. The highest BCUT2D eigenvalue weighted by Gasteiger charge is 2.09. The number of rotatable bonds is 4. The molecule has 92 valence electrons. The number of urea groups is 1. The smallest absolute Gasteiger partial charge is 0.328 e. The first kappa shape index (κ1) is 12.5. The van der Waals surface area contributed by atoms with Gasteiger partial charge in [0, 0.05) is 6.20 Å². The van der Waals surface area contributed by atoms with Gasteiger partial charge < -0.3 is 16.2 Å². The van der Waals surface area contributed by atoms with Crippen LogP contribution in [0.25, 0.3) is 0 Å². The molecule has 5 N–H and O–H groups in total. The third kappa shape index (κ3) is 4.64. The summed E-state index contributed by atoms with van der Waals surface area (Å²) in [6, 6.07) is 0.499. The number of ether oxygens (including phenoxy) is 1. The molecule has 0 radical (unpaired) electrons. The fourth-order valence-corrected chi connectivity index (χ4v) is 0.963. The van der Waals surface area contributed by atoms with Crippen molar-refractivity contribution in [1.29, 1.82) is 0 Å². The van der Waals surface area contributed by atoms with Crippen LogP contribution in [0.15, 0.2) is 12.3 Å². The van der Waals surface area contributed by atoms with Gasteiger partial charge in [0.1, 0.15) is 12.4 Å². The van der Waals surface area contributed by atoms with Gasteiger partial charge in [0.05, 0.1) is 0 Å². The predicted octanol–water partition coefficient (Wildman–Crippen LogP) is -1.80. The molecule has 0 fully saturated rings. The summed E-state index contributed by atoms with van der Waals surface area (Å²) in [5, 5.41) is 5.49. The summed E-state index contributed by atoms with van der Waals surface area (Å²) < 4.78 is 5.81. The van der Waals surface area contributed by atoms with E-state index in [1.54, 1.807) is 5.32 Å². The molecule has 1 aromatic rings. The fraction of sp³-hybridized carbons (Fsp3) is 0.250. The zero-order chi connectivity index (χ0) is 12.8. The lowest BCUT2D eigenvalue weighted by Gasteiger charge is -2.04. The molecule has 17 heavy (non-hydrogen) atoms. The maximum Gasteiger partial charge on any atom is 0.328 e. The van der Waals surface area contributed by atoms with Gasteiger partial charge in [-0.05, 0) is 6.07 Å². The molecule has 9 heteroatoms. The number of carbonyl (C=O) groups excluding carboxylic acids is 3. The number of nitrogens with one attached hydrogen (secondary N) is 1. The summed E-state index contributed by atoms with van der Waals surface area (Å²) >= 11 is 0. The summed E-state index contributed by atoms with van der Waals surface area (Å²) in [5.41, 5.74) is 10.0. The third-order valence-corrected chi connectivity index (χ3v) is 1.58. The van der Waals surface area contributed by atoms with Crippen molar-refractivity contribution in [2.45, 2.75) is 6.54 Å². The first-order valence-electron chi connectivity index (χ1n) is 4.51. The van der Waals surface area contributed by atoms with Crippen LogP contribution in [0, 0.1) is 0 Å². The van der Waals surface area contributed by atoms with Gasteiger partial charge in [0.2, 0.25) is 0 Å². The number of amides is 3. The number of carbonyl (C=O) groups is 3. The number of nitrogens with two attached hydrogens (primary N) is 2. The van der Waals surface area contributed by atoms with Crippen molar-refractivity contribution >= 4 is 23.7 Å². The Bertz CT molecular complexity index is 441. The highest BCUT2D eigenvalue weighted by Crippen LogP contribution is 1.96. The average Bonchev–Trinajstić information content (AvgIpc) is 2.60. The largest absolute Gasteiger partial charge is 0.454 e. The highest BCUT2D eigenvalue weighted by atomic mass is 16.5. The molecule has 1 aromatic heterocycles. The Hall–Kier alpha value is -2.58. The van der Waals surface area contributed by atoms with Crippen molar-refractivity contribution in [3.05, 3.63) is 12.3 Å². The van der Waals surface area contributed by atoms with E-state index in [4.69, 9.17) is 5.73 Å². The average molecular weight is 241 g/mol. The number of anilines is 1. The summed E-state index contributed by atoms with van der Waals surface area (Å²) in [5.74, 6) is -1.22. The molecule has 1 rings (SSSR count). The quantitative estimate of drug-likeness (QED) is 0.531. The Morgan fingerprint density at radius 1 is 1.47 bits per heavy atom. The SMILES string of the molecule is NC(=O)NC(=O)COC(=O)Cn1ccc(N)n1. The Morgan fingerprint density at radius 2 is 2.18 bits per heavy atom. The van der Waals surface area contributed by atoms with Gasteiger partial charge in [0.15, 0.2) is 6.61 Å². The predicted molar refractivity (Wildman–Crippen MR) is 55.3 cm³/mol. The minimum atomic E-state index is -1.01. The lowest BCUT2D eigenvalue weighted by molar-refractivity contribution is -0.149. The van der Waals surface area contributed by atoms with Crippen LogP contribution < -0.4 is 16.8 Å². The van der Waals surface area contributed by atoms with Crippen molar-refractivity contribution in [3.8, 4) is 0 Å². The lowest BCUT2D eigenvalue weighted by Crippen LogP contribution is -2.38. The molecule has 0 spiro atoms. The molecule has 0 bridgehead atoms. The minimum Gasteiger partial charge on any atom is -0.454 e. The number of esters is 1. The van der Waals surface area contributed by atoms with Gasteiger partial charge >= 0.3 is 12.0 Å². The second-order valence-electron chi connectivity index (χ2n) is 3.01. The number of aromatic nitrogens is 2. The first-order valence-corrected chi connectivity index (χ1v) is 4.51. The van der Waals surface area contributed by atoms with Crippen LogP contribution in [0.4, 0.5) is 10.6 Å². The molecule has 0 saturated carbocycles. The molecule has 0 saturated heterocycles. The van der Waals surface area contributed by atoms with E-state index in [1.165, 1.54) is 16.9 Å². The van der Waals surface area contributed by atoms with E-state index < -0.39 is 24.5 Å². The van der Waals surface area contributed by atoms with Crippen molar-refractivity contribution in [3.63, 3.8) is 0 Å². The maximum atomic E-state index is 11.2. The zero-order valence-corrected chi connectivity index (χ0v) is 8.75. The van der Waals surface area contributed by atoms with Crippen LogP contribution in [0.5, 0.6) is 0 Å². The molecule has 0 aliphatic rings. The van der Waals surface area contributed by atoms with Crippen LogP contribution in [-0.4, -0.2) is 34.3 Å². The summed E-state index contributed by atoms with van der Waals surface area (Å²) in [7, 11) is 0. The molecule has 0 aliphatic heterocycles. The van der Waals surface area contributed by atoms with Gasteiger partial charge in [-0.2, -0.15) is 5.10 Å². The van der Waals surface area contributed by atoms with Crippen LogP contribution in [0.3, 0.4) is 0 Å². The Kier molecular flexibility index (Phi) is 4.03. The summed E-state index contributed by atoms with van der Waals surface area (Å²) in [6.07, 6.45) is 1.49. The Morgan fingerprint density at radius 3 is 2.71 bits per heavy atom. The number of hydrogen-bond donors (Lipinski definition) is 3. The standard InChI is InChI=1S/C8H11N5O4/c9-5-1-2-13(12-5)3-7(15)17-4-6(14)11-8(10)16/h1-2H,3-4H2,(H2,9,12)(H3,10,11,14,16). The number of nitrogen functional groups attached to an aromatic ring is 1. The molecule has 9 nitrogen and oxygen atoms in total. The van der Waals surface area contributed by atoms with E-state index in [2.05, 4.69) is 15.6 Å². The zero-order valence-electron chi connectivity index (χ0n) is 8.75. The second kappa shape index (κ2) is 5.49. The molecule has 0 atom stereocenters. The molecule has 0 aromatic carbocycles. The van der Waals surface area contributed by atoms with E-state index in [9.17, 15) is 14.4 Å².